The topological polar surface area (TPSA) is 26.0 Å². The van der Waals surface area contributed by atoms with Gasteiger partial charge in [-0.15, -0.1) is 11.8 Å². The zero-order valence-electron chi connectivity index (χ0n) is 7.17. The Morgan fingerprint density at radius 2 is 2.17 bits per heavy atom. The minimum atomic E-state index is -0.163. The summed E-state index contributed by atoms with van der Waals surface area (Å²) in [7, 11) is 0. The number of rotatable bonds is 2. The average molecular weight is 185 g/mol. The maximum atomic E-state index is 12.8. The quantitative estimate of drug-likeness (QED) is 0.566. The summed E-state index contributed by atoms with van der Waals surface area (Å²) in [6.45, 7) is 3.66. The van der Waals surface area contributed by atoms with Gasteiger partial charge in [0, 0.05) is 4.90 Å². The molecule has 0 fully saturated rings. The molecule has 0 bridgehead atoms. The van der Waals surface area contributed by atoms with Crippen molar-refractivity contribution in [1.29, 1.82) is 0 Å². The molecule has 0 amide bonds. The molecule has 1 nitrogen and oxygen atoms in total. The van der Waals surface area contributed by atoms with Crippen molar-refractivity contribution < 1.29 is 4.39 Å². The van der Waals surface area contributed by atoms with Crippen LogP contribution in [0.2, 0.25) is 0 Å². The molecule has 1 rings (SSSR count). The zero-order valence-corrected chi connectivity index (χ0v) is 7.99. The number of nitrogens with two attached hydrogens (primary N) is 1. The van der Waals surface area contributed by atoms with Gasteiger partial charge in [0.15, 0.2) is 0 Å². The standard InChI is InChI=1S/C9H12FNS/c1-6-5-8(12-7(2)11)3-4-9(6)10/h3-5,7H,11H2,1-2H3. The highest BCUT2D eigenvalue weighted by molar-refractivity contribution is 7.99. The lowest BCUT2D eigenvalue weighted by Gasteiger charge is -2.05. The van der Waals surface area contributed by atoms with E-state index in [1.807, 2.05) is 13.0 Å². The van der Waals surface area contributed by atoms with Gasteiger partial charge >= 0.3 is 0 Å². The third kappa shape index (κ3) is 2.50. The molecule has 0 aliphatic heterocycles. The molecule has 66 valence electrons. The highest BCUT2D eigenvalue weighted by Crippen LogP contribution is 2.22. The highest BCUT2D eigenvalue weighted by Gasteiger charge is 2.01. The average Bonchev–Trinajstić information content (AvgIpc) is 1.96. The van der Waals surface area contributed by atoms with Crippen molar-refractivity contribution in [2.24, 2.45) is 5.73 Å². The first-order valence-corrected chi connectivity index (χ1v) is 4.66. The van der Waals surface area contributed by atoms with Crippen LogP contribution in [0, 0.1) is 12.7 Å². The first-order chi connectivity index (χ1) is 5.59. The van der Waals surface area contributed by atoms with Gasteiger partial charge in [0.2, 0.25) is 0 Å². The molecule has 0 heterocycles. The van der Waals surface area contributed by atoms with Crippen molar-refractivity contribution in [3.63, 3.8) is 0 Å². The van der Waals surface area contributed by atoms with Crippen molar-refractivity contribution in [1.82, 2.24) is 0 Å². The molecule has 1 aromatic rings. The molecular weight excluding hydrogens is 173 g/mol. The molecule has 3 heteroatoms. The van der Waals surface area contributed by atoms with Crippen LogP contribution < -0.4 is 5.73 Å². The fourth-order valence-corrected chi connectivity index (χ4v) is 1.73. The smallest absolute Gasteiger partial charge is 0.126 e. The summed E-state index contributed by atoms with van der Waals surface area (Å²) < 4.78 is 12.8. The first-order valence-electron chi connectivity index (χ1n) is 3.78. The van der Waals surface area contributed by atoms with Crippen molar-refractivity contribution >= 4 is 11.8 Å². The predicted molar refractivity (Wildman–Crippen MR) is 50.6 cm³/mol. The summed E-state index contributed by atoms with van der Waals surface area (Å²) in [5.74, 6) is -0.163. The predicted octanol–water partition coefficient (Wildman–Crippen LogP) is 2.53. The maximum Gasteiger partial charge on any atom is 0.126 e. The van der Waals surface area contributed by atoms with Gasteiger partial charge in [-0.25, -0.2) is 4.39 Å². The van der Waals surface area contributed by atoms with Gasteiger partial charge in [-0.05, 0) is 37.6 Å². The van der Waals surface area contributed by atoms with E-state index in [1.165, 1.54) is 17.8 Å². The van der Waals surface area contributed by atoms with E-state index in [9.17, 15) is 4.39 Å². The molecule has 1 aromatic carbocycles. The SMILES string of the molecule is Cc1cc(SC(C)N)ccc1F. The van der Waals surface area contributed by atoms with Gasteiger partial charge in [0.25, 0.3) is 0 Å². The van der Waals surface area contributed by atoms with Crippen molar-refractivity contribution in [2.45, 2.75) is 24.1 Å². The fraction of sp³-hybridized carbons (Fsp3) is 0.333. The lowest BCUT2D eigenvalue weighted by molar-refractivity contribution is 0.617. The molecular formula is C9H12FNS. The maximum absolute atomic E-state index is 12.8. The third-order valence-corrected chi connectivity index (χ3v) is 2.35. The monoisotopic (exact) mass is 185 g/mol. The highest BCUT2D eigenvalue weighted by atomic mass is 32.2. The minimum Gasteiger partial charge on any atom is -0.319 e. The fourth-order valence-electron chi connectivity index (χ4n) is 0.905. The summed E-state index contributed by atoms with van der Waals surface area (Å²) in [6, 6.07) is 5.03. The van der Waals surface area contributed by atoms with Crippen molar-refractivity contribution in [3.8, 4) is 0 Å². The van der Waals surface area contributed by atoms with E-state index in [0.29, 0.717) is 5.56 Å². The molecule has 0 aromatic heterocycles. The third-order valence-electron chi connectivity index (χ3n) is 1.45. The Bertz CT molecular complexity index is 273. The molecule has 1 unspecified atom stereocenters. The van der Waals surface area contributed by atoms with Crippen LogP contribution in [0.15, 0.2) is 23.1 Å². The summed E-state index contributed by atoms with van der Waals surface area (Å²) in [4.78, 5) is 1.02. The number of aryl methyl sites for hydroxylation is 1. The van der Waals surface area contributed by atoms with E-state index in [1.54, 1.807) is 13.0 Å². The Balaban J connectivity index is 2.82. The lowest BCUT2D eigenvalue weighted by atomic mass is 10.2. The molecule has 0 saturated carbocycles. The van der Waals surface area contributed by atoms with Gasteiger partial charge < -0.3 is 5.73 Å². The second-order valence-corrected chi connectivity index (χ2v) is 4.18. The normalized spacial score (nSPS) is 13.0. The van der Waals surface area contributed by atoms with Gasteiger partial charge in [-0.3, -0.25) is 0 Å². The van der Waals surface area contributed by atoms with Crippen LogP contribution in [0.5, 0.6) is 0 Å². The molecule has 0 radical (unpaired) electrons. The second-order valence-electron chi connectivity index (χ2n) is 2.73. The number of hydrogen-bond acceptors (Lipinski definition) is 2. The zero-order chi connectivity index (χ0) is 9.14. The van der Waals surface area contributed by atoms with Crippen LogP contribution >= 0.6 is 11.8 Å². The van der Waals surface area contributed by atoms with Crippen LogP contribution in [0.4, 0.5) is 4.39 Å². The van der Waals surface area contributed by atoms with Crippen LogP contribution in [-0.2, 0) is 0 Å². The summed E-state index contributed by atoms with van der Waals surface area (Å²) in [6.07, 6.45) is 0. The van der Waals surface area contributed by atoms with E-state index < -0.39 is 0 Å². The van der Waals surface area contributed by atoms with E-state index in [-0.39, 0.29) is 11.2 Å². The van der Waals surface area contributed by atoms with Crippen LogP contribution in [0.3, 0.4) is 0 Å². The summed E-state index contributed by atoms with van der Waals surface area (Å²) >= 11 is 1.53. The van der Waals surface area contributed by atoms with E-state index in [2.05, 4.69) is 0 Å². The Hall–Kier alpha value is -0.540. The molecule has 2 N–H and O–H groups in total. The molecule has 0 spiro atoms. The Morgan fingerprint density at radius 3 is 2.67 bits per heavy atom. The minimum absolute atomic E-state index is 0.0508. The lowest BCUT2D eigenvalue weighted by Crippen LogP contribution is -2.08. The van der Waals surface area contributed by atoms with Crippen LogP contribution in [0.25, 0.3) is 0 Å². The van der Waals surface area contributed by atoms with Gasteiger partial charge in [0.05, 0.1) is 5.37 Å². The number of hydrogen-bond donors (Lipinski definition) is 1. The molecule has 0 aliphatic rings. The summed E-state index contributed by atoms with van der Waals surface area (Å²) in [5.41, 5.74) is 6.25. The van der Waals surface area contributed by atoms with E-state index in [4.69, 9.17) is 5.73 Å². The summed E-state index contributed by atoms with van der Waals surface area (Å²) in [5, 5.41) is 0.0508. The van der Waals surface area contributed by atoms with Crippen LogP contribution in [0.1, 0.15) is 12.5 Å². The van der Waals surface area contributed by atoms with Crippen molar-refractivity contribution in [2.75, 3.05) is 0 Å². The molecule has 0 saturated heterocycles. The van der Waals surface area contributed by atoms with Gasteiger partial charge in [0.1, 0.15) is 5.82 Å². The number of benzene rings is 1. The van der Waals surface area contributed by atoms with Gasteiger partial charge in [-0.2, -0.15) is 0 Å². The van der Waals surface area contributed by atoms with E-state index >= 15 is 0 Å². The number of halogens is 1. The molecule has 12 heavy (non-hydrogen) atoms. The second kappa shape index (κ2) is 3.92. The largest absolute Gasteiger partial charge is 0.319 e. The van der Waals surface area contributed by atoms with Crippen molar-refractivity contribution in [3.05, 3.63) is 29.6 Å². The van der Waals surface area contributed by atoms with Gasteiger partial charge in [-0.1, -0.05) is 0 Å². The Labute approximate surface area is 76.2 Å². The van der Waals surface area contributed by atoms with E-state index in [0.717, 1.165) is 4.90 Å². The Kier molecular flexibility index (Phi) is 3.12. The first kappa shape index (κ1) is 9.55. The number of thioether (sulfide) groups is 1. The Morgan fingerprint density at radius 1 is 1.50 bits per heavy atom. The molecule has 1 atom stereocenters. The van der Waals surface area contributed by atoms with Crippen LogP contribution in [-0.4, -0.2) is 5.37 Å². The molecule has 0 aliphatic carbocycles.